The zero-order chi connectivity index (χ0) is 7.98. The number of hydrogen-bond donors (Lipinski definition) is 1. The largest absolute Gasteiger partial charge is 0.327 e. The fourth-order valence-corrected chi connectivity index (χ4v) is 1.47. The smallest absolute Gasteiger partial charge is 0.0141 e. The van der Waals surface area contributed by atoms with Crippen molar-refractivity contribution in [2.45, 2.75) is 26.3 Å². The van der Waals surface area contributed by atoms with E-state index in [-0.39, 0.29) is 0 Å². The van der Waals surface area contributed by atoms with E-state index in [0.717, 1.165) is 17.9 Å². The average Bonchev–Trinajstić information content (AvgIpc) is 1.87. The molecule has 1 nitrogen and oxygen atoms in total. The zero-order valence-electron chi connectivity index (χ0n) is 6.89. The molecule has 0 aliphatic rings. The molecule has 2 heteroatoms. The van der Waals surface area contributed by atoms with Gasteiger partial charge in [-0.3, -0.25) is 0 Å². The van der Waals surface area contributed by atoms with Crippen molar-refractivity contribution in [2.75, 3.05) is 11.5 Å². The van der Waals surface area contributed by atoms with Gasteiger partial charge in [0.25, 0.3) is 0 Å². The molecule has 0 rings (SSSR count). The Balaban J connectivity index is 3.12. The second-order valence-electron chi connectivity index (χ2n) is 2.60. The van der Waals surface area contributed by atoms with E-state index in [9.17, 15) is 0 Å². The quantitative estimate of drug-likeness (QED) is 0.621. The van der Waals surface area contributed by atoms with Gasteiger partial charge in [-0.2, -0.15) is 11.8 Å². The lowest BCUT2D eigenvalue weighted by Gasteiger charge is -2.04. The molecule has 0 saturated carbocycles. The highest BCUT2D eigenvalue weighted by Gasteiger charge is 1.94. The Bertz CT molecular complexity index is 99.4. The van der Waals surface area contributed by atoms with Gasteiger partial charge in [0.2, 0.25) is 0 Å². The van der Waals surface area contributed by atoms with Crippen LogP contribution in [0.5, 0.6) is 0 Å². The average molecular weight is 159 g/mol. The van der Waals surface area contributed by atoms with Crippen LogP contribution in [0.15, 0.2) is 12.2 Å². The zero-order valence-corrected chi connectivity index (χ0v) is 7.71. The number of rotatable bonds is 5. The van der Waals surface area contributed by atoms with Crippen LogP contribution >= 0.6 is 11.8 Å². The first-order chi connectivity index (χ1) is 4.66. The molecular formula is C8H17NS. The lowest BCUT2D eigenvalue weighted by molar-refractivity contribution is 0.847. The van der Waals surface area contributed by atoms with Gasteiger partial charge in [-0.15, -0.1) is 0 Å². The molecular weight excluding hydrogens is 142 g/mol. The van der Waals surface area contributed by atoms with Crippen molar-refractivity contribution in [3.63, 3.8) is 0 Å². The van der Waals surface area contributed by atoms with Crippen LogP contribution < -0.4 is 5.73 Å². The maximum atomic E-state index is 5.57. The van der Waals surface area contributed by atoms with Gasteiger partial charge in [0.05, 0.1) is 0 Å². The highest BCUT2D eigenvalue weighted by atomic mass is 32.2. The van der Waals surface area contributed by atoms with Crippen molar-refractivity contribution >= 4 is 11.8 Å². The highest BCUT2D eigenvalue weighted by Crippen LogP contribution is 2.09. The Hall–Kier alpha value is 0.0500. The van der Waals surface area contributed by atoms with Crippen LogP contribution in [-0.4, -0.2) is 17.5 Å². The lowest BCUT2D eigenvalue weighted by atomic mass is 10.3. The van der Waals surface area contributed by atoms with Crippen molar-refractivity contribution in [1.29, 1.82) is 0 Å². The van der Waals surface area contributed by atoms with Gasteiger partial charge in [-0.05, 0) is 13.3 Å². The van der Waals surface area contributed by atoms with Crippen molar-refractivity contribution in [3.05, 3.63) is 12.2 Å². The van der Waals surface area contributed by atoms with Gasteiger partial charge in [-0.1, -0.05) is 19.1 Å². The summed E-state index contributed by atoms with van der Waals surface area (Å²) in [6.45, 7) is 8.07. The molecule has 0 amide bonds. The van der Waals surface area contributed by atoms with Gasteiger partial charge in [0, 0.05) is 17.5 Å². The summed E-state index contributed by atoms with van der Waals surface area (Å²) in [4.78, 5) is 0. The van der Waals surface area contributed by atoms with Crippen LogP contribution in [0.3, 0.4) is 0 Å². The molecule has 0 aromatic rings. The molecule has 0 aromatic carbocycles. The van der Waals surface area contributed by atoms with E-state index in [2.05, 4.69) is 13.5 Å². The maximum absolute atomic E-state index is 5.57. The monoisotopic (exact) mass is 159 g/mol. The van der Waals surface area contributed by atoms with Crippen LogP contribution in [0.1, 0.15) is 20.3 Å². The van der Waals surface area contributed by atoms with Gasteiger partial charge < -0.3 is 5.73 Å². The standard InChI is InChI=1S/C8H17NS/c1-4-7(2)5-10-6-8(3)9/h8H,2,4-6,9H2,1,3H3. The van der Waals surface area contributed by atoms with Crippen LogP contribution in [0.2, 0.25) is 0 Å². The van der Waals surface area contributed by atoms with Gasteiger partial charge in [0.1, 0.15) is 0 Å². The molecule has 0 aliphatic heterocycles. The van der Waals surface area contributed by atoms with Crippen molar-refractivity contribution in [3.8, 4) is 0 Å². The molecule has 0 bridgehead atoms. The summed E-state index contributed by atoms with van der Waals surface area (Å²) in [5, 5.41) is 0. The molecule has 0 heterocycles. The predicted molar refractivity (Wildman–Crippen MR) is 50.4 cm³/mol. The third-order valence-electron chi connectivity index (χ3n) is 1.19. The molecule has 10 heavy (non-hydrogen) atoms. The Morgan fingerprint density at radius 3 is 2.70 bits per heavy atom. The van der Waals surface area contributed by atoms with E-state index in [1.807, 2.05) is 18.7 Å². The van der Waals surface area contributed by atoms with Crippen LogP contribution in [0.4, 0.5) is 0 Å². The topological polar surface area (TPSA) is 26.0 Å². The molecule has 2 N–H and O–H groups in total. The van der Waals surface area contributed by atoms with E-state index in [1.54, 1.807) is 0 Å². The van der Waals surface area contributed by atoms with Gasteiger partial charge >= 0.3 is 0 Å². The van der Waals surface area contributed by atoms with Gasteiger partial charge in [0.15, 0.2) is 0 Å². The predicted octanol–water partition coefficient (Wildman–Crippen LogP) is 2.03. The Kier molecular flexibility index (Phi) is 5.84. The normalized spacial score (nSPS) is 13.1. The number of hydrogen-bond acceptors (Lipinski definition) is 2. The van der Waals surface area contributed by atoms with E-state index in [4.69, 9.17) is 5.73 Å². The van der Waals surface area contributed by atoms with E-state index in [1.165, 1.54) is 5.57 Å². The summed E-state index contributed by atoms with van der Waals surface area (Å²) in [6, 6.07) is 0.314. The van der Waals surface area contributed by atoms with Crippen LogP contribution in [-0.2, 0) is 0 Å². The first-order valence-corrected chi connectivity index (χ1v) is 4.82. The van der Waals surface area contributed by atoms with E-state index >= 15 is 0 Å². The second kappa shape index (κ2) is 5.81. The summed E-state index contributed by atoms with van der Waals surface area (Å²) < 4.78 is 0. The summed E-state index contributed by atoms with van der Waals surface area (Å²) in [7, 11) is 0. The fourth-order valence-electron chi connectivity index (χ4n) is 0.491. The maximum Gasteiger partial charge on any atom is 0.0141 e. The molecule has 60 valence electrons. The molecule has 0 aliphatic carbocycles. The number of nitrogens with two attached hydrogens (primary N) is 1. The second-order valence-corrected chi connectivity index (χ2v) is 3.63. The first kappa shape index (κ1) is 10.0. The summed E-state index contributed by atoms with van der Waals surface area (Å²) in [5.41, 5.74) is 6.88. The third-order valence-corrected chi connectivity index (χ3v) is 2.56. The molecule has 1 unspecified atom stereocenters. The Morgan fingerprint density at radius 2 is 2.30 bits per heavy atom. The van der Waals surface area contributed by atoms with E-state index < -0.39 is 0 Å². The molecule has 0 radical (unpaired) electrons. The summed E-state index contributed by atoms with van der Waals surface area (Å²) in [5.74, 6) is 2.11. The van der Waals surface area contributed by atoms with Crippen LogP contribution in [0.25, 0.3) is 0 Å². The molecule has 0 aromatic heterocycles. The number of thioether (sulfide) groups is 1. The van der Waals surface area contributed by atoms with Crippen molar-refractivity contribution in [1.82, 2.24) is 0 Å². The minimum Gasteiger partial charge on any atom is -0.327 e. The summed E-state index contributed by atoms with van der Waals surface area (Å²) in [6.07, 6.45) is 1.09. The van der Waals surface area contributed by atoms with Crippen molar-refractivity contribution < 1.29 is 0 Å². The van der Waals surface area contributed by atoms with Gasteiger partial charge in [-0.25, -0.2) is 0 Å². The summed E-state index contributed by atoms with van der Waals surface area (Å²) >= 11 is 1.87. The Morgan fingerprint density at radius 1 is 1.70 bits per heavy atom. The SMILES string of the molecule is C=C(CC)CSCC(C)N. The fraction of sp³-hybridized carbons (Fsp3) is 0.750. The minimum absolute atomic E-state index is 0.314. The van der Waals surface area contributed by atoms with E-state index in [0.29, 0.717) is 6.04 Å². The molecule has 0 fully saturated rings. The Labute approximate surface area is 68.1 Å². The van der Waals surface area contributed by atoms with Crippen LogP contribution in [0, 0.1) is 0 Å². The van der Waals surface area contributed by atoms with Crippen molar-refractivity contribution in [2.24, 2.45) is 5.73 Å². The lowest BCUT2D eigenvalue weighted by Crippen LogP contribution is -2.17. The molecule has 0 saturated heterocycles. The molecule has 1 atom stereocenters. The first-order valence-electron chi connectivity index (χ1n) is 3.66. The molecule has 0 spiro atoms. The minimum atomic E-state index is 0.314. The highest BCUT2D eigenvalue weighted by molar-refractivity contribution is 7.99. The third kappa shape index (κ3) is 6.17.